The average Bonchev–Trinajstić information content (AvgIpc) is 3.07. The van der Waals surface area contributed by atoms with Crippen molar-refractivity contribution in [2.24, 2.45) is 17.8 Å². The van der Waals surface area contributed by atoms with Crippen molar-refractivity contribution in [3.05, 3.63) is 12.2 Å². The number of aliphatic hydroxyl groups excluding tert-OH is 1. The zero-order valence-corrected chi connectivity index (χ0v) is 11.7. The Labute approximate surface area is 116 Å². The van der Waals surface area contributed by atoms with Crippen molar-refractivity contribution in [2.45, 2.75) is 57.3 Å². The maximum atomic E-state index is 10.3. The van der Waals surface area contributed by atoms with E-state index in [1.807, 2.05) is 0 Å². The Bertz CT molecular complexity index is 309. The molecule has 4 unspecified atom stereocenters. The minimum absolute atomic E-state index is 0.0105. The molecule has 4 atom stereocenters. The van der Waals surface area contributed by atoms with E-state index >= 15 is 0 Å². The van der Waals surface area contributed by atoms with Crippen molar-refractivity contribution in [3.8, 4) is 0 Å². The zero-order chi connectivity index (χ0) is 13.1. The quantitative estimate of drug-likeness (QED) is 0.593. The molecule has 2 aliphatic carbocycles. The molecule has 0 spiro atoms. The number of rotatable bonds is 6. The van der Waals surface area contributed by atoms with E-state index in [9.17, 15) is 5.11 Å². The Balaban J connectivity index is 1.30. The third-order valence-electron chi connectivity index (χ3n) is 4.91. The summed E-state index contributed by atoms with van der Waals surface area (Å²) in [5.41, 5.74) is 0. The molecule has 0 radical (unpaired) electrons. The first-order valence-electron chi connectivity index (χ1n) is 7.92. The number of fused-ring (bicyclic) bond motifs is 2. The molecule has 1 saturated heterocycles. The van der Waals surface area contributed by atoms with Gasteiger partial charge < -0.3 is 14.6 Å². The molecule has 3 heteroatoms. The summed E-state index contributed by atoms with van der Waals surface area (Å²) < 4.78 is 11.1. The average molecular weight is 266 g/mol. The van der Waals surface area contributed by atoms with Gasteiger partial charge in [0.05, 0.1) is 19.3 Å². The standard InChI is InChI=1S/C16H26O3/c17-15(14-11-12-6-7-13(14)10-12)4-1-2-5-16-18-8-3-9-19-16/h6-7,12-17H,1-5,8-11H2. The van der Waals surface area contributed by atoms with Crippen LogP contribution in [0.1, 0.15) is 44.9 Å². The highest BCUT2D eigenvalue weighted by Crippen LogP contribution is 2.45. The first kappa shape index (κ1) is 13.6. The molecule has 1 N–H and O–H groups in total. The minimum Gasteiger partial charge on any atom is -0.393 e. The summed E-state index contributed by atoms with van der Waals surface area (Å²) in [6, 6.07) is 0. The van der Waals surface area contributed by atoms with Gasteiger partial charge in [0.15, 0.2) is 6.29 Å². The molecule has 2 fully saturated rings. The fourth-order valence-corrected chi connectivity index (χ4v) is 3.85. The second kappa shape index (κ2) is 6.38. The van der Waals surface area contributed by atoms with Crippen LogP contribution >= 0.6 is 0 Å². The first-order valence-corrected chi connectivity index (χ1v) is 7.92. The maximum Gasteiger partial charge on any atom is 0.157 e. The Kier molecular flexibility index (Phi) is 4.57. The largest absolute Gasteiger partial charge is 0.393 e. The second-order valence-corrected chi connectivity index (χ2v) is 6.32. The Morgan fingerprint density at radius 3 is 2.63 bits per heavy atom. The SMILES string of the molecule is OC(CCCCC1OCCCO1)C1CC2C=CC1C2. The number of ether oxygens (including phenoxy) is 2. The summed E-state index contributed by atoms with van der Waals surface area (Å²) in [4.78, 5) is 0. The van der Waals surface area contributed by atoms with Gasteiger partial charge >= 0.3 is 0 Å². The number of hydrogen-bond donors (Lipinski definition) is 1. The fraction of sp³-hybridized carbons (Fsp3) is 0.875. The van der Waals surface area contributed by atoms with E-state index < -0.39 is 0 Å². The Hall–Kier alpha value is -0.380. The lowest BCUT2D eigenvalue weighted by molar-refractivity contribution is -0.181. The lowest BCUT2D eigenvalue weighted by Gasteiger charge is -2.25. The molecule has 0 aromatic heterocycles. The van der Waals surface area contributed by atoms with Crippen LogP contribution in [0.25, 0.3) is 0 Å². The van der Waals surface area contributed by atoms with Crippen LogP contribution in [0.3, 0.4) is 0 Å². The second-order valence-electron chi connectivity index (χ2n) is 6.32. The van der Waals surface area contributed by atoms with Crippen molar-refractivity contribution >= 4 is 0 Å². The van der Waals surface area contributed by atoms with Crippen LogP contribution in [0.5, 0.6) is 0 Å². The predicted octanol–water partition coefficient (Wildman–Crippen LogP) is 2.88. The Morgan fingerprint density at radius 2 is 1.95 bits per heavy atom. The third kappa shape index (κ3) is 3.39. The summed E-state index contributed by atoms with van der Waals surface area (Å²) in [6.07, 6.45) is 12.2. The molecule has 19 heavy (non-hydrogen) atoms. The van der Waals surface area contributed by atoms with Crippen molar-refractivity contribution in [3.63, 3.8) is 0 Å². The molecular formula is C16H26O3. The monoisotopic (exact) mass is 266 g/mol. The smallest absolute Gasteiger partial charge is 0.157 e. The van der Waals surface area contributed by atoms with Gasteiger partial charge in [-0.15, -0.1) is 0 Å². The van der Waals surface area contributed by atoms with Gasteiger partial charge in [-0.2, -0.15) is 0 Å². The van der Waals surface area contributed by atoms with E-state index in [1.54, 1.807) is 0 Å². The van der Waals surface area contributed by atoms with Crippen molar-refractivity contribution < 1.29 is 14.6 Å². The van der Waals surface area contributed by atoms with Gasteiger partial charge in [-0.3, -0.25) is 0 Å². The molecule has 3 rings (SSSR count). The van der Waals surface area contributed by atoms with E-state index in [0.29, 0.717) is 11.8 Å². The fourth-order valence-electron chi connectivity index (χ4n) is 3.85. The summed E-state index contributed by atoms with van der Waals surface area (Å²) >= 11 is 0. The molecule has 1 heterocycles. The number of hydrogen-bond acceptors (Lipinski definition) is 3. The van der Waals surface area contributed by atoms with Crippen molar-refractivity contribution in [1.29, 1.82) is 0 Å². The summed E-state index contributed by atoms with van der Waals surface area (Å²) in [6.45, 7) is 1.68. The van der Waals surface area contributed by atoms with Gasteiger partial charge in [0.2, 0.25) is 0 Å². The molecule has 0 amide bonds. The van der Waals surface area contributed by atoms with E-state index in [4.69, 9.17) is 9.47 Å². The minimum atomic E-state index is -0.104. The molecule has 108 valence electrons. The first-order chi connectivity index (χ1) is 9.33. The van der Waals surface area contributed by atoms with Crippen LogP contribution in [0, 0.1) is 17.8 Å². The van der Waals surface area contributed by atoms with E-state index in [2.05, 4.69) is 12.2 Å². The van der Waals surface area contributed by atoms with Crippen LogP contribution in [0.15, 0.2) is 12.2 Å². The van der Waals surface area contributed by atoms with Crippen LogP contribution < -0.4 is 0 Å². The van der Waals surface area contributed by atoms with Gasteiger partial charge in [0, 0.05) is 0 Å². The van der Waals surface area contributed by atoms with Gasteiger partial charge in [0.25, 0.3) is 0 Å². The predicted molar refractivity (Wildman–Crippen MR) is 73.6 cm³/mol. The lowest BCUT2D eigenvalue weighted by atomic mass is 9.86. The van der Waals surface area contributed by atoms with E-state index in [-0.39, 0.29) is 12.4 Å². The molecule has 3 nitrogen and oxygen atoms in total. The summed E-state index contributed by atoms with van der Waals surface area (Å²) in [7, 11) is 0. The third-order valence-corrected chi connectivity index (χ3v) is 4.91. The van der Waals surface area contributed by atoms with Crippen LogP contribution in [-0.4, -0.2) is 30.7 Å². The number of aliphatic hydroxyl groups is 1. The van der Waals surface area contributed by atoms with Gasteiger partial charge in [-0.05, 0) is 56.3 Å². The Morgan fingerprint density at radius 1 is 1.11 bits per heavy atom. The van der Waals surface area contributed by atoms with Crippen molar-refractivity contribution in [1.82, 2.24) is 0 Å². The summed E-state index contributed by atoms with van der Waals surface area (Å²) in [5, 5.41) is 10.3. The molecule has 0 aromatic carbocycles. The van der Waals surface area contributed by atoms with Gasteiger partial charge in [0.1, 0.15) is 0 Å². The van der Waals surface area contributed by atoms with E-state index in [1.165, 1.54) is 12.8 Å². The van der Waals surface area contributed by atoms with Gasteiger partial charge in [-0.1, -0.05) is 18.6 Å². The normalized spacial score (nSPS) is 35.9. The van der Waals surface area contributed by atoms with Gasteiger partial charge in [-0.25, -0.2) is 0 Å². The van der Waals surface area contributed by atoms with Crippen molar-refractivity contribution in [2.75, 3.05) is 13.2 Å². The highest BCUT2D eigenvalue weighted by Gasteiger charge is 2.39. The lowest BCUT2D eigenvalue weighted by Crippen LogP contribution is -2.25. The summed E-state index contributed by atoms with van der Waals surface area (Å²) in [5.74, 6) is 1.94. The molecule has 3 aliphatic rings. The molecule has 1 saturated carbocycles. The highest BCUT2D eigenvalue weighted by atomic mass is 16.7. The van der Waals surface area contributed by atoms with Crippen LogP contribution in [0.4, 0.5) is 0 Å². The molecule has 0 aromatic rings. The van der Waals surface area contributed by atoms with Crippen LogP contribution in [0.2, 0.25) is 0 Å². The highest BCUT2D eigenvalue weighted by molar-refractivity contribution is 5.11. The zero-order valence-electron chi connectivity index (χ0n) is 11.7. The number of allylic oxidation sites excluding steroid dienone is 2. The molecular weight excluding hydrogens is 240 g/mol. The molecule has 1 aliphatic heterocycles. The number of unbranched alkanes of at least 4 members (excludes halogenated alkanes) is 1. The van der Waals surface area contributed by atoms with E-state index in [0.717, 1.165) is 51.2 Å². The maximum absolute atomic E-state index is 10.3. The molecule has 2 bridgehead atoms. The van der Waals surface area contributed by atoms with Crippen LogP contribution in [-0.2, 0) is 9.47 Å². The topological polar surface area (TPSA) is 38.7 Å².